The topological polar surface area (TPSA) is 69.7 Å². The molecule has 6 nitrogen and oxygen atoms in total. The molecule has 1 heterocycles. The molecule has 6 heteroatoms. The number of nitrogens with one attached hydrogen (secondary N) is 1. The van der Waals surface area contributed by atoms with E-state index in [1.807, 2.05) is 44.2 Å². The third kappa shape index (κ3) is 3.45. The molecule has 1 saturated heterocycles. The zero-order chi connectivity index (χ0) is 20.5. The Hall–Kier alpha value is -2.63. The fourth-order valence-electron chi connectivity index (χ4n) is 5.19. The van der Waals surface area contributed by atoms with E-state index in [9.17, 15) is 14.4 Å². The van der Waals surface area contributed by atoms with Crippen molar-refractivity contribution in [1.82, 2.24) is 15.1 Å². The van der Waals surface area contributed by atoms with E-state index in [2.05, 4.69) is 17.5 Å². The highest BCUT2D eigenvalue weighted by molar-refractivity contribution is 6.06. The molecule has 4 aliphatic rings. The lowest BCUT2D eigenvalue weighted by Crippen LogP contribution is -2.55. The van der Waals surface area contributed by atoms with Gasteiger partial charge in [-0.1, -0.05) is 42.5 Å². The van der Waals surface area contributed by atoms with Gasteiger partial charge in [0.15, 0.2) is 0 Å². The summed E-state index contributed by atoms with van der Waals surface area (Å²) >= 11 is 0. The van der Waals surface area contributed by atoms with Crippen LogP contribution in [0.2, 0.25) is 0 Å². The van der Waals surface area contributed by atoms with Crippen molar-refractivity contribution >= 4 is 17.8 Å². The van der Waals surface area contributed by atoms with Crippen molar-refractivity contribution in [3.63, 3.8) is 0 Å². The number of carbonyl (C=O) groups excluding carboxylic acids is 3. The minimum atomic E-state index is -0.671. The average molecular weight is 396 g/mol. The van der Waals surface area contributed by atoms with E-state index in [1.165, 1.54) is 4.90 Å². The van der Waals surface area contributed by atoms with Gasteiger partial charge in [0.2, 0.25) is 11.8 Å². The minimum Gasteiger partial charge on any atom is -0.325 e. The zero-order valence-electron chi connectivity index (χ0n) is 17.1. The Kier molecular flexibility index (Phi) is 5.43. The first kappa shape index (κ1) is 19.7. The molecular formula is C23H29N3O3. The SMILES string of the molecule is CCN(CC)C(=O)NC(Cc1ccccc1)N1C(=O)C2C3C=CC(CC3)C2C1=O. The van der Waals surface area contributed by atoms with Crippen LogP contribution in [0.3, 0.4) is 0 Å². The largest absolute Gasteiger partial charge is 0.325 e. The Bertz CT molecular complexity index is 786. The predicted octanol–water partition coefficient (Wildman–Crippen LogP) is 2.80. The molecular weight excluding hydrogens is 366 g/mol. The van der Waals surface area contributed by atoms with Crippen molar-refractivity contribution < 1.29 is 14.4 Å². The van der Waals surface area contributed by atoms with Crippen LogP contribution in [0.1, 0.15) is 32.3 Å². The van der Waals surface area contributed by atoms with Crippen LogP contribution < -0.4 is 5.32 Å². The molecule has 0 radical (unpaired) electrons. The molecule has 3 aliphatic carbocycles. The number of allylic oxidation sites excluding steroid dienone is 2. The third-order valence-electron chi connectivity index (χ3n) is 6.72. The molecule has 1 aliphatic heterocycles. The van der Waals surface area contributed by atoms with Crippen molar-refractivity contribution in [2.75, 3.05) is 13.1 Å². The number of hydrogen-bond donors (Lipinski definition) is 1. The molecule has 1 aromatic carbocycles. The summed E-state index contributed by atoms with van der Waals surface area (Å²) in [4.78, 5) is 42.6. The van der Waals surface area contributed by atoms with Crippen molar-refractivity contribution in [2.24, 2.45) is 23.7 Å². The van der Waals surface area contributed by atoms with Crippen molar-refractivity contribution in [3.8, 4) is 0 Å². The van der Waals surface area contributed by atoms with Gasteiger partial charge in [-0.25, -0.2) is 4.79 Å². The van der Waals surface area contributed by atoms with Gasteiger partial charge in [-0.15, -0.1) is 0 Å². The monoisotopic (exact) mass is 395 g/mol. The quantitative estimate of drug-likeness (QED) is 0.595. The Morgan fingerprint density at radius 3 is 2.07 bits per heavy atom. The molecule has 1 saturated carbocycles. The van der Waals surface area contributed by atoms with Crippen LogP contribution in [0, 0.1) is 23.7 Å². The number of carbonyl (C=O) groups is 3. The van der Waals surface area contributed by atoms with E-state index in [-0.39, 0.29) is 41.5 Å². The number of amides is 4. The molecule has 1 aromatic rings. The summed E-state index contributed by atoms with van der Waals surface area (Å²) in [7, 11) is 0. The second-order valence-corrected chi connectivity index (χ2v) is 8.22. The summed E-state index contributed by atoms with van der Waals surface area (Å²) in [6.45, 7) is 4.97. The number of likely N-dealkylation sites (tertiary alicyclic amines) is 1. The van der Waals surface area contributed by atoms with Gasteiger partial charge in [-0.05, 0) is 44.1 Å². The summed E-state index contributed by atoms with van der Waals surface area (Å²) in [5.74, 6) is -0.506. The number of hydrogen-bond acceptors (Lipinski definition) is 3. The predicted molar refractivity (Wildman–Crippen MR) is 110 cm³/mol. The highest BCUT2D eigenvalue weighted by Gasteiger charge is 2.58. The maximum Gasteiger partial charge on any atom is 0.319 e. The molecule has 2 fully saturated rings. The molecule has 5 rings (SSSR count). The van der Waals surface area contributed by atoms with Gasteiger partial charge in [0.25, 0.3) is 0 Å². The fourth-order valence-corrected chi connectivity index (χ4v) is 5.19. The number of nitrogens with zero attached hydrogens (tertiary/aromatic N) is 2. The van der Waals surface area contributed by atoms with Crippen molar-refractivity contribution in [1.29, 1.82) is 0 Å². The second-order valence-electron chi connectivity index (χ2n) is 8.22. The Labute approximate surface area is 171 Å². The number of fused-ring (bicyclic) bond motifs is 1. The Balaban J connectivity index is 1.62. The first-order chi connectivity index (χ1) is 14.0. The van der Waals surface area contributed by atoms with Crippen LogP contribution in [0.25, 0.3) is 0 Å². The zero-order valence-corrected chi connectivity index (χ0v) is 17.1. The molecule has 29 heavy (non-hydrogen) atoms. The van der Waals surface area contributed by atoms with E-state index in [0.717, 1.165) is 18.4 Å². The summed E-state index contributed by atoms with van der Waals surface area (Å²) in [6, 6.07) is 9.45. The summed E-state index contributed by atoms with van der Waals surface area (Å²) in [5, 5.41) is 2.98. The van der Waals surface area contributed by atoms with Crippen LogP contribution in [0.15, 0.2) is 42.5 Å². The van der Waals surface area contributed by atoms with Gasteiger partial charge >= 0.3 is 6.03 Å². The smallest absolute Gasteiger partial charge is 0.319 e. The molecule has 1 N–H and O–H groups in total. The first-order valence-electron chi connectivity index (χ1n) is 10.7. The molecule has 154 valence electrons. The summed E-state index contributed by atoms with van der Waals surface area (Å²) in [5.41, 5.74) is 0.980. The Morgan fingerprint density at radius 1 is 1.03 bits per heavy atom. The molecule has 0 spiro atoms. The lowest BCUT2D eigenvalue weighted by atomic mass is 9.63. The molecule has 5 unspecified atom stereocenters. The van der Waals surface area contributed by atoms with Gasteiger partial charge in [-0.2, -0.15) is 0 Å². The van der Waals surface area contributed by atoms with Crippen molar-refractivity contribution in [3.05, 3.63) is 48.0 Å². The van der Waals surface area contributed by atoms with Crippen molar-refractivity contribution in [2.45, 2.75) is 39.3 Å². The Morgan fingerprint density at radius 2 is 1.59 bits per heavy atom. The van der Waals surface area contributed by atoms with Gasteiger partial charge in [0.05, 0.1) is 11.8 Å². The van der Waals surface area contributed by atoms with E-state index >= 15 is 0 Å². The number of urea groups is 1. The number of benzene rings is 1. The number of imide groups is 1. The molecule has 5 atom stereocenters. The molecule has 2 bridgehead atoms. The average Bonchev–Trinajstić information content (AvgIpc) is 3.03. The lowest BCUT2D eigenvalue weighted by Gasteiger charge is -2.38. The van der Waals surface area contributed by atoms with Gasteiger partial charge in [0, 0.05) is 19.5 Å². The van der Waals surface area contributed by atoms with Gasteiger partial charge in [-0.3, -0.25) is 14.5 Å². The van der Waals surface area contributed by atoms with Crippen LogP contribution in [-0.4, -0.2) is 46.9 Å². The third-order valence-corrected chi connectivity index (χ3v) is 6.72. The number of rotatable bonds is 6. The maximum atomic E-state index is 13.4. The van der Waals surface area contributed by atoms with Gasteiger partial charge < -0.3 is 10.2 Å². The highest BCUT2D eigenvalue weighted by Crippen LogP contribution is 2.49. The highest BCUT2D eigenvalue weighted by atomic mass is 16.2. The molecule has 4 amide bonds. The van der Waals surface area contributed by atoms with E-state index in [4.69, 9.17) is 0 Å². The van der Waals surface area contributed by atoms with Crippen LogP contribution in [0.4, 0.5) is 4.79 Å². The molecule has 0 aromatic heterocycles. The standard InChI is InChI=1S/C23H29N3O3/c1-3-25(4-2)23(29)24-18(14-15-8-6-5-7-9-15)26-21(27)19-16-10-11-17(13-12-16)20(19)22(26)28/h5-11,16-20H,3-4,12-14H2,1-2H3,(H,24,29). The fraction of sp³-hybridized carbons (Fsp3) is 0.522. The van der Waals surface area contributed by atoms with Crippen LogP contribution in [-0.2, 0) is 16.0 Å². The van der Waals surface area contributed by atoms with Crippen LogP contribution >= 0.6 is 0 Å². The minimum absolute atomic E-state index is 0.125. The van der Waals surface area contributed by atoms with Gasteiger partial charge in [0.1, 0.15) is 6.17 Å². The maximum absolute atomic E-state index is 13.4. The lowest BCUT2D eigenvalue weighted by molar-refractivity contribution is -0.143. The van der Waals surface area contributed by atoms with E-state index < -0.39 is 6.17 Å². The van der Waals surface area contributed by atoms with E-state index in [1.54, 1.807) is 4.90 Å². The van der Waals surface area contributed by atoms with E-state index in [0.29, 0.717) is 19.5 Å². The second kappa shape index (κ2) is 8.01. The first-order valence-corrected chi connectivity index (χ1v) is 10.7. The summed E-state index contributed by atoms with van der Waals surface area (Å²) < 4.78 is 0. The van der Waals surface area contributed by atoms with Crippen LogP contribution in [0.5, 0.6) is 0 Å². The summed E-state index contributed by atoms with van der Waals surface area (Å²) in [6.07, 6.45) is 5.90. The normalized spacial score (nSPS) is 28.4.